The Labute approximate surface area is 132 Å². The quantitative estimate of drug-likeness (QED) is 0.920. The summed E-state index contributed by atoms with van der Waals surface area (Å²) in [5.74, 6) is 1.86. The molecule has 0 saturated carbocycles. The molecule has 112 valence electrons. The monoisotopic (exact) mass is 350 g/mol. The van der Waals surface area contributed by atoms with E-state index in [0.717, 1.165) is 48.5 Å². The fraction of sp³-hybridized carbons (Fsp3) is 0.467. The van der Waals surface area contributed by atoms with Crippen LogP contribution in [0.25, 0.3) is 0 Å². The lowest BCUT2D eigenvalue weighted by Crippen LogP contribution is -2.23. The van der Waals surface area contributed by atoms with Crippen molar-refractivity contribution in [1.29, 1.82) is 0 Å². The van der Waals surface area contributed by atoms with E-state index in [-0.39, 0.29) is 0 Å². The topological polar surface area (TPSA) is 52.0 Å². The van der Waals surface area contributed by atoms with E-state index in [1.807, 2.05) is 7.05 Å². The molecular formula is C15H19BrN4O. The van der Waals surface area contributed by atoms with Crippen molar-refractivity contribution in [3.8, 4) is 5.75 Å². The first-order valence-electron chi connectivity index (χ1n) is 7.22. The lowest BCUT2D eigenvalue weighted by atomic mass is 10.0. The zero-order valence-electron chi connectivity index (χ0n) is 12.1. The van der Waals surface area contributed by atoms with Crippen molar-refractivity contribution in [1.82, 2.24) is 20.1 Å². The number of nitrogens with one attached hydrogen (secondary N) is 1. The SMILES string of the molecule is Cn1cnc(CCNC2CCCOc3cc(Br)ccc32)n1. The minimum absolute atomic E-state index is 0.333. The van der Waals surface area contributed by atoms with E-state index in [4.69, 9.17) is 4.74 Å². The summed E-state index contributed by atoms with van der Waals surface area (Å²) in [5, 5.41) is 7.91. The van der Waals surface area contributed by atoms with Crippen LogP contribution in [0.3, 0.4) is 0 Å². The second kappa shape index (κ2) is 6.58. The Morgan fingerprint density at radius 2 is 2.38 bits per heavy atom. The summed E-state index contributed by atoms with van der Waals surface area (Å²) in [5.41, 5.74) is 1.24. The highest BCUT2D eigenvalue weighted by atomic mass is 79.9. The summed E-state index contributed by atoms with van der Waals surface area (Å²) in [6.45, 7) is 1.65. The fourth-order valence-electron chi connectivity index (χ4n) is 2.61. The summed E-state index contributed by atoms with van der Waals surface area (Å²) < 4.78 is 8.62. The summed E-state index contributed by atoms with van der Waals surface area (Å²) in [6.07, 6.45) is 4.72. The van der Waals surface area contributed by atoms with Crippen LogP contribution in [0.4, 0.5) is 0 Å². The van der Waals surface area contributed by atoms with Gasteiger partial charge in [-0.3, -0.25) is 4.68 Å². The zero-order chi connectivity index (χ0) is 14.7. The minimum atomic E-state index is 0.333. The average molecular weight is 351 g/mol. The number of fused-ring (bicyclic) bond motifs is 1. The van der Waals surface area contributed by atoms with Gasteiger partial charge in [0.25, 0.3) is 0 Å². The van der Waals surface area contributed by atoms with Crippen LogP contribution in [0.5, 0.6) is 5.75 Å². The largest absolute Gasteiger partial charge is 0.493 e. The highest BCUT2D eigenvalue weighted by molar-refractivity contribution is 9.10. The van der Waals surface area contributed by atoms with Gasteiger partial charge in [-0.2, -0.15) is 5.10 Å². The van der Waals surface area contributed by atoms with E-state index in [0.29, 0.717) is 6.04 Å². The Hall–Kier alpha value is -1.40. The molecule has 0 bridgehead atoms. The highest BCUT2D eigenvalue weighted by Gasteiger charge is 2.19. The summed E-state index contributed by atoms with van der Waals surface area (Å²) in [7, 11) is 1.89. The van der Waals surface area contributed by atoms with Crippen LogP contribution in [0.1, 0.15) is 30.3 Å². The van der Waals surface area contributed by atoms with Gasteiger partial charge in [-0.1, -0.05) is 22.0 Å². The van der Waals surface area contributed by atoms with Gasteiger partial charge in [-0.25, -0.2) is 4.98 Å². The van der Waals surface area contributed by atoms with Crippen molar-refractivity contribution in [3.63, 3.8) is 0 Å². The van der Waals surface area contributed by atoms with Crippen LogP contribution in [0.2, 0.25) is 0 Å². The number of ether oxygens (including phenoxy) is 1. The predicted octanol–water partition coefficient (Wildman–Crippen LogP) is 2.62. The number of halogens is 1. The molecule has 0 aliphatic carbocycles. The van der Waals surface area contributed by atoms with Crippen molar-refractivity contribution in [2.75, 3.05) is 13.2 Å². The molecule has 1 atom stereocenters. The Morgan fingerprint density at radius 1 is 1.48 bits per heavy atom. The number of benzene rings is 1. The molecule has 21 heavy (non-hydrogen) atoms. The molecule has 1 N–H and O–H groups in total. The van der Waals surface area contributed by atoms with Gasteiger partial charge in [0.05, 0.1) is 6.61 Å². The number of aromatic nitrogens is 3. The van der Waals surface area contributed by atoms with Gasteiger partial charge < -0.3 is 10.1 Å². The standard InChI is InChI=1S/C15H19BrN4O/c1-20-10-18-15(19-20)6-7-17-13-3-2-8-21-14-9-11(16)4-5-12(13)14/h4-5,9-10,13,17H,2-3,6-8H2,1H3. The van der Waals surface area contributed by atoms with Crippen LogP contribution in [-0.4, -0.2) is 27.9 Å². The third-order valence-electron chi connectivity index (χ3n) is 3.63. The number of nitrogens with zero attached hydrogens (tertiary/aromatic N) is 3. The molecule has 1 unspecified atom stereocenters. The van der Waals surface area contributed by atoms with E-state index in [1.54, 1.807) is 11.0 Å². The van der Waals surface area contributed by atoms with E-state index in [1.165, 1.54) is 5.56 Å². The molecule has 0 amide bonds. The molecule has 5 nitrogen and oxygen atoms in total. The number of rotatable bonds is 4. The molecule has 0 saturated heterocycles. The Balaban J connectivity index is 1.65. The molecule has 6 heteroatoms. The molecule has 2 heterocycles. The van der Waals surface area contributed by atoms with E-state index < -0.39 is 0 Å². The number of hydrogen-bond donors (Lipinski definition) is 1. The van der Waals surface area contributed by atoms with Crippen molar-refractivity contribution < 1.29 is 4.74 Å². The molecule has 2 aromatic rings. The predicted molar refractivity (Wildman–Crippen MR) is 84.3 cm³/mol. The summed E-state index contributed by atoms with van der Waals surface area (Å²) in [4.78, 5) is 4.25. The van der Waals surface area contributed by atoms with Crippen LogP contribution < -0.4 is 10.1 Å². The average Bonchev–Trinajstić information content (AvgIpc) is 2.77. The van der Waals surface area contributed by atoms with Gasteiger partial charge in [-0.15, -0.1) is 0 Å². The first-order chi connectivity index (χ1) is 10.2. The van der Waals surface area contributed by atoms with Gasteiger partial charge >= 0.3 is 0 Å². The van der Waals surface area contributed by atoms with Gasteiger partial charge in [0.1, 0.15) is 12.1 Å². The molecule has 0 radical (unpaired) electrons. The maximum atomic E-state index is 5.83. The van der Waals surface area contributed by atoms with Crippen LogP contribution >= 0.6 is 15.9 Å². The lowest BCUT2D eigenvalue weighted by molar-refractivity contribution is 0.315. The smallest absolute Gasteiger partial charge is 0.151 e. The number of hydrogen-bond acceptors (Lipinski definition) is 4. The fourth-order valence-corrected chi connectivity index (χ4v) is 2.95. The summed E-state index contributed by atoms with van der Waals surface area (Å²) in [6, 6.07) is 6.60. The maximum Gasteiger partial charge on any atom is 0.151 e. The molecule has 1 aliphatic rings. The van der Waals surface area contributed by atoms with Gasteiger partial charge in [0, 0.05) is 36.1 Å². The van der Waals surface area contributed by atoms with E-state index >= 15 is 0 Å². The molecular weight excluding hydrogens is 332 g/mol. The van der Waals surface area contributed by atoms with Crippen molar-refractivity contribution in [2.24, 2.45) is 7.05 Å². The van der Waals surface area contributed by atoms with Crippen molar-refractivity contribution in [3.05, 3.63) is 40.4 Å². The Morgan fingerprint density at radius 3 is 3.19 bits per heavy atom. The normalized spacial score (nSPS) is 17.9. The van der Waals surface area contributed by atoms with E-state index in [9.17, 15) is 0 Å². The second-order valence-electron chi connectivity index (χ2n) is 5.26. The zero-order valence-corrected chi connectivity index (χ0v) is 13.6. The van der Waals surface area contributed by atoms with Crippen molar-refractivity contribution >= 4 is 15.9 Å². The molecule has 0 spiro atoms. The maximum absolute atomic E-state index is 5.83. The first kappa shape index (κ1) is 14.5. The van der Waals surface area contributed by atoms with Crippen LogP contribution in [0.15, 0.2) is 29.0 Å². The summed E-state index contributed by atoms with van der Waals surface area (Å²) >= 11 is 3.50. The lowest BCUT2D eigenvalue weighted by Gasteiger charge is -2.18. The first-order valence-corrected chi connectivity index (χ1v) is 8.02. The molecule has 3 rings (SSSR count). The van der Waals surface area contributed by atoms with Gasteiger partial charge in [0.15, 0.2) is 5.82 Å². The molecule has 1 aliphatic heterocycles. The van der Waals surface area contributed by atoms with Crippen LogP contribution in [0, 0.1) is 0 Å². The number of aryl methyl sites for hydroxylation is 1. The third-order valence-corrected chi connectivity index (χ3v) is 4.13. The second-order valence-corrected chi connectivity index (χ2v) is 6.18. The van der Waals surface area contributed by atoms with Crippen molar-refractivity contribution in [2.45, 2.75) is 25.3 Å². The van der Waals surface area contributed by atoms with Gasteiger partial charge in [0.2, 0.25) is 0 Å². The molecule has 0 fully saturated rings. The highest BCUT2D eigenvalue weighted by Crippen LogP contribution is 2.33. The van der Waals surface area contributed by atoms with E-state index in [2.05, 4.69) is 49.5 Å². The van der Waals surface area contributed by atoms with Gasteiger partial charge in [-0.05, 0) is 25.0 Å². The minimum Gasteiger partial charge on any atom is -0.493 e. The Bertz CT molecular complexity index is 613. The third kappa shape index (κ3) is 3.63. The molecule has 1 aromatic heterocycles. The van der Waals surface area contributed by atoms with Crippen LogP contribution in [-0.2, 0) is 13.5 Å². The Kier molecular flexibility index (Phi) is 4.55. The molecule has 1 aromatic carbocycles.